The molecule has 2 fully saturated rings. The molecule has 2 aromatic heterocycles. The number of nitrogens with one attached hydrogen (secondary N) is 1. The van der Waals surface area contributed by atoms with Gasteiger partial charge in [-0.2, -0.15) is 0 Å². The van der Waals surface area contributed by atoms with Crippen LogP contribution in [0, 0.1) is 18.2 Å². The number of halogens is 1. The van der Waals surface area contributed by atoms with E-state index in [0.717, 1.165) is 55.5 Å². The largest absolute Gasteiger partial charge is 0.458 e. The minimum absolute atomic E-state index is 0.0373. The van der Waals surface area contributed by atoms with E-state index >= 15 is 0 Å². The molecule has 6 heterocycles. The molecule has 0 bridgehead atoms. The number of aromatic nitrogens is 2. The summed E-state index contributed by atoms with van der Waals surface area (Å²) in [4.78, 5) is 33.8. The summed E-state index contributed by atoms with van der Waals surface area (Å²) < 4.78 is 21.8. The standard InChI is InChI=1S/C32H37FN4O4/c1-4-32(40)23-14-26-28-21(16-37(26)29(38)22(23)17-41-30(32)39)27(20-13-18(2)24(33)15-25(20)35-28)19(3)36-11-7-31(8-12-36)5-9-34-10-6-31/h13-15,19,34,40H,4-12,16-17H2,1-3H3/t19?,32-/m0/s1. The molecule has 1 aromatic carbocycles. The zero-order valence-electron chi connectivity index (χ0n) is 24.0. The van der Waals surface area contributed by atoms with Crippen LogP contribution in [-0.2, 0) is 28.3 Å². The lowest BCUT2D eigenvalue weighted by Gasteiger charge is -2.46. The van der Waals surface area contributed by atoms with Crippen molar-refractivity contribution < 1.29 is 19.0 Å². The van der Waals surface area contributed by atoms with E-state index in [4.69, 9.17) is 9.72 Å². The van der Waals surface area contributed by atoms with Crippen molar-refractivity contribution in [1.82, 2.24) is 19.8 Å². The number of aliphatic hydroxyl groups is 1. The Bertz CT molecular complexity index is 1650. The summed E-state index contributed by atoms with van der Waals surface area (Å²) in [5, 5.41) is 15.7. The van der Waals surface area contributed by atoms with Crippen LogP contribution in [0.15, 0.2) is 23.0 Å². The number of carbonyl (C=O) groups is 1. The molecular formula is C32H37FN4O4. The number of fused-ring (bicyclic) bond motifs is 5. The Morgan fingerprint density at radius 3 is 2.56 bits per heavy atom. The maximum Gasteiger partial charge on any atom is 0.343 e. The maximum atomic E-state index is 14.9. The topological polar surface area (TPSA) is 96.7 Å². The van der Waals surface area contributed by atoms with Crippen molar-refractivity contribution in [3.63, 3.8) is 0 Å². The molecule has 8 nitrogen and oxygen atoms in total. The van der Waals surface area contributed by atoms with E-state index in [1.165, 1.54) is 18.9 Å². The first kappa shape index (κ1) is 26.7. The normalized spacial score (nSPS) is 24.2. The maximum absolute atomic E-state index is 14.9. The van der Waals surface area contributed by atoms with Gasteiger partial charge < -0.3 is 19.7 Å². The van der Waals surface area contributed by atoms with Gasteiger partial charge in [0.15, 0.2) is 5.60 Å². The minimum Gasteiger partial charge on any atom is -0.458 e. The van der Waals surface area contributed by atoms with E-state index in [9.17, 15) is 19.1 Å². The average Bonchev–Trinajstić information content (AvgIpc) is 3.34. The van der Waals surface area contributed by atoms with Crippen LogP contribution in [0.5, 0.6) is 0 Å². The number of ether oxygens (including phenoxy) is 1. The van der Waals surface area contributed by atoms with Gasteiger partial charge in [-0.3, -0.25) is 9.69 Å². The molecule has 41 heavy (non-hydrogen) atoms. The molecule has 4 aliphatic heterocycles. The van der Waals surface area contributed by atoms with Gasteiger partial charge in [0.05, 0.1) is 29.0 Å². The molecule has 0 radical (unpaired) electrons. The third kappa shape index (κ3) is 3.92. The van der Waals surface area contributed by atoms with Gasteiger partial charge in [0.1, 0.15) is 12.4 Å². The number of hydrogen-bond acceptors (Lipinski definition) is 7. The summed E-state index contributed by atoms with van der Waals surface area (Å²) >= 11 is 0. The number of aryl methyl sites for hydroxylation is 1. The Hall–Kier alpha value is -3.14. The highest BCUT2D eigenvalue weighted by atomic mass is 19.1. The van der Waals surface area contributed by atoms with Crippen molar-refractivity contribution in [1.29, 1.82) is 0 Å². The van der Waals surface area contributed by atoms with Crippen LogP contribution in [0.1, 0.15) is 79.8 Å². The minimum atomic E-state index is -1.89. The third-order valence-corrected chi connectivity index (χ3v) is 10.5. The van der Waals surface area contributed by atoms with E-state index in [1.807, 2.05) is 6.07 Å². The summed E-state index contributed by atoms with van der Waals surface area (Å²) in [6.07, 6.45) is 4.85. The number of benzene rings is 1. The Balaban J connectivity index is 1.37. The first-order valence-corrected chi connectivity index (χ1v) is 14.9. The van der Waals surface area contributed by atoms with Gasteiger partial charge in [-0.25, -0.2) is 14.2 Å². The number of pyridine rings is 2. The van der Waals surface area contributed by atoms with Crippen LogP contribution in [0.4, 0.5) is 4.39 Å². The third-order valence-electron chi connectivity index (χ3n) is 10.5. The van der Waals surface area contributed by atoms with Crippen molar-refractivity contribution in [3.05, 3.63) is 62.2 Å². The van der Waals surface area contributed by atoms with Gasteiger partial charge in [-0.1, -0.05) is 6.92 Å². The van der Waals surface area contributed by atoms with Crippen LogP contribution in [0.3, 0.4) is 0 Å². The molecule has 2 N–H and O–H groups in total. The fraction of sp³-hybridized carbons (Fsp3) is 0.531. The number of cyclic esters (lactones) is 1. The fourth-order valence-electron chi connectivity index (χ4n) is 7.74. The summed E-state index contributed by atoms with van der Waals surface area (Å²) in [5.41, 5.74) is 3.13. The number of rotatable bonds is 3. The SMILES string of the molecule is CC[C@@]1(O)C(=O)OCc2c1cc1n(c2=O)Cc2c-1nc1cc(F)c(C)cc1c2C(C)N1CCC2(CCNCC2)CC1. The molecule has 4 aliphatic rings. The zero-order chi connectivity index (χ0) is 28.7. The average molecular weight is 561 g/mol. The second-order valence-electron chi connectivity index (χ2n) is 12.5. The summed E-state index contributed by atoms with van der Waals surface area (Å²) in [6.45, 7) is 10.00. The first-order chi connectivity index (χ1) is 19.7. The van der Waals surface area contributed by atoms with Crippen molar-refractivity contribution in [2.45, 2.75) is 77.7 Å². The Labute approximate surface area is 238 Å². The van der Waals surface area contributed by atoms with Crippen molar-refractivity contribution in [3.8, 4) is 11.4 Å². The highest BCUT2D eigenvalue weighted by molar-refractivity contribution is 5.90. The van der Waals surface area contributed by atoms with Crippen LogP contribution in [-0.4, -0.2) is 51.7 Å². The molecule has 9 heteroatoms. The van der Waals surface area contributed by atoms with E-state index in [1.54, 1.807) is 24.5 Å². The molecule has 7 rings (SSSR count). The molecule has 3 aromatic rings. The molecule has 0 amide bonds. The number of piperidine rings is 2. The van der Waals surface area contributed by atoms with Crippen LogP contribution >= 0.6 is 0 Å². The van der Waals surface area contributed by atoms with Gasteiger partial charge in [0.25, 0.3) is 5.56 Å². The molecular weight excluding hydrogens is 523 g/mol. The second kappa shape index (κ2) is 9.44. The van der Waals surface area contributed by atoms with Gasteiger partial charge >= 0.3 is 5.97 Å². The van der Waals surface area contributed by atoms with Crippen molar-refractivity contribution >= 4 is 16.9 Å². The quantitative estimate of drug-likeness (QED) is 0.365. The van der Waals surface area contributed by atoms with Crippen molar-refractivity contribution in [2.24, 2.45) is 5.41 Å². The molecule has 1 unspecified atom stereocenters. The smallest absolute Gasteiger partial charge is 0.343 e. The predicted octanol–water partition coefficient (Wildman–Crippen LogP) is 4.05. The number of carbonyl (C=O) groups excluding carboxylic acids is 1. The van der Waals surface area contributed by atoms with Crippen LogP contribution in [0.2, 0.25) is 0 Å². The first-order valence-electron chi connectivity index (χ1n) is 14.9. The van der Waals surface area contributed by atoms with Gasteiger partial charge in [0.2, 0.25) is 0 Å². The summed E-state index contributed by atoms with van der Waals surface area (Å²) in [6, 6.07) is 5.14. The number of hydrogen-bond donors (Lipinski definition) is 2. The molecule has 1 spiro atoms. The van der Waals surface area contributed by atoms with Crippen molar-refractivity contribution in [2.75, 3.05) is 26.2 Å². The highest BCUT2D eigenvalue weighted by Crippen LogP contribution is 2.45. The van der Waals surface area contributed by atoms with E-state index in [0.29, 0.717) is 40.0 Å². The Kier molecular flexibility index (Phi) is 6.16. The van der Waals surface area contributed by atoms with E-state index < -0.39 is 11.6 Å². The fourth-order valence-corrected chi connectivity index (χ4v) is 7.74. The monoisotopic (exact) mass is 560 g/mol. The molecule has 216 valence electrons. The lowest BCUT2D eigenvalue weighted by molar-refractivity contribution is -0.172. The predicted molar refractivity (Wildman–Crippen MR) is 153 cm³/mol. The second-order valence-corrected chi connectivity index (χ2v) is 12.5. The summed E-state index contributed by atoms with van der Waals surface area (Å²) in [7, 11) is 0. The van der Waals surface area contributed by atoms with Crippen LogP contribution < -0.4 is 10.9 Å². The van der Waals surface area contributed by atoms with Crippen LogP contribution in [0.25, 0.3) is 22.3 Å². The Morgan fingerprint density at radius 2 is 1.85 bits per heavy atom. The molecule has 2 saturated heterocycles. The molecule has 0 saturated carbocycles. The lowest BCUT2D eigenvalue weighted by atomic mass is 9.71. The lowest BCUT2D eigenvalue weighted by Crippen LogP contribution is -2.46. The molecule has 0 aliphatic carbocycles. The number of esters is 1. The number of likely N-dealkylation sites (tertiary alicyclic amines) is 1. The molecule has 2 atom stereocenters. The van der Waals surface area contributed by atoms with Gasteiger partial charge in [0, 0.05) is 28.6 Å². The highest BCUT2D eigenvalue weighted by Gasteiger charge is 2.46. The van der Waals surface area contributed by atoms with E-state index in [2.05, 4.69) is 17.1 Å². The summed E-state index contributed by atoms with van der Waals surface area (Å²) in [5.74, 6) is -1.07. The van der Waals surface area contributed by atoms with Gasteiger partial charge in [-0.05, 0) is 101 Å². The Morgan fingerprint density at radius 1 is 1.12 bits per heavy atom. The van der Waals surface area contributed by atoms with Gasteiger partial charge in [-0.15, -0.1) is 0 Å². The zero-order valence-corrected chi connectivity index (χ0v) is 24.0. The van der Waals surface area contributed by atoms with E-state index in [-0.39, 0.29) is 36.0 Å². The number of nitrogens with zero attached hydrogens (tertiary/aromatic N) is 3.